The van der Waals surface area contributed by atoms with Gasteiger partial charge in [0.15, 0.2) is 0 Å². The van der Waals surface area contributed by atoms with Gasteiger partial charge in [0.05, 0.1) is 12.2 Å². The van der Waals surface area contributed by atoms with Crippen molar-refractivity contribution >= 4 is 6.03 Å². The second-order valence-corrected chi connectivity index (χ2v) is 10.7. The Morgan fingerprint density at radius 2 is 1.59 bits per heavy atom. The molecule has 6 nitrogen and oxygen atoms in total. The molecule has 2 amide bonds. The number of hydrogen-bond acceptors (Lipinski definition) is 4. The number of morpholine rings is 1. The van der Waals surface area contributed by atoms with Crippen LogP contribution in [0.15, 0.2) is 18.2 Å². The van der Waals surface area contributed by atoms with E-state index in [4.69, 9.17) is 9.47 Å². The van der Waals surface area contributed by atoms with Crippen LogP contribution in [0.1, 0.15) is 69.9 Å². The van der Waals surface area contributed by atoms with E-state index in [-0.39, 0.29) is 24.3 Å². The fraction of sp³-hybridized carbons (Fsp3) is 0.750. The summed E-state index contributed by atoms with van der Waals surface area (Å²) in [6, 6.07) is 7.76. The van der Waals surface area contributed by atoms with E-state index in [9.17, 15) is 4.79 Å². The summed E-state index contributed by atoms with van der Waals surface area (Å²) >= 11 is 0. The topological polar surface area (TPSA) is 45.2 Å². The van der Waals surface area contributed by atoms with Crippen molar-refractivity contribution in [2.75, 3.05) is 39.3 Å². The zero-order valence-corrected chi connectivity index (χ0v) is 21.2. The highest BCUT2D eigenvalue weighted by Crippen LogP contribution is 2.29. The van der Waals surface area contributed by atoms with Gasteiger partial charge in [0, 0.05) is 58.2 Å². The molecule has 0 aromatic heterocycles. The lowest BCUT2D eigenvalue weighted by molar-refractivity contribution is -0.0781. The molecule has 0 bridgehead atoms. The van der Waals surface area contributed by atoms with Crippen molar-refractivity contribution in [2.24, 2.45) is 0 Å². The molecule has 0 spiro atoms. The number of hydrogen-bond donors (Lipinski definition) is 0. The molecule has 0 unspecified atom stereocenters. The lowest BCUT2D eigenvalue weighted by Gasteiger charge is -2.41. The molecule has 2 saturated heterocycles. The van der Waals surface area contributed by atoms with Gasteiger partial charge in [-0.25, -0.2) is 4.79 Å². The lowest BCUT2D eigenvalue weighted by atomic mass is 9.91. The van der Waals surface area contributed by atoms with Gasteiger partial charge in [-0.3, -0.25) is 4.90 Å². The molecule has 188 valence electrons. The van der Waals surface area contributed by atoms with Gasteiger partial charge in [0.2, 0.25) is 0 Å². The van der Waals surface area contributed by atoms with E-state index in [0.717, 1.165) is 76.5 Å². The van der Waals surface area contributed by atoms with Crippen molar-refractivity contribution in [3.05, 3.63) is 29.3 Å². The van der Waals surface area contributed by atoms with Crippen molar-refractivity contribution < 1.29 is 14.3 Å². The first-order valence-electron chi connectivity index (χ1n) is 13.8. The highest BCUT2D eigenvalue weighted by atomic mass is 16.5. The molecule has 3 heterocycles. The maximum atomic E-state index is 13.2. The average Bonchev–Trinajstić information content (AvgIpc) is 3.05. The molecule has 3 fully saturated rings. The molecule has 34 heavy (non-hydrogen) atoms. The molecule has 1 aromatic carbocycles. The first-order valence-corrected chi connectivity index (χ1v) is 13.8. The van der Waals surface area contributed by atoms with Gasteiger partial charge < -0.3 is 19.3 Å². The first-order chi connectivity index (χ1) is 16.6. The van der Waals surface area contributed by atoms with E-state index in [0.29, 0.717) is 0 Å². The fourth-order valence-electron chi connectivity index (χ4n) is 6.00. The Balaban J connectivity index is 1.12. The van der Waals surface area contributed by atoms with Gasteiger partial charge in [-0.2, -0.15) is 0 Å². The quantitative estimate of drug-likeness (QED) is 0.637. The third kappa shape index (κ3) is 5.38. The molecular formula is C28H43N3O3. The predicted molar refractivity (Wildman–Crippen MR) is 134 cm³/mol. The van der Waals surface area contributed by atoms with Crippen molar-refractivity contribution in [3.8, 4) is 5.75 Å². The summed E-state index contributed by atoms with van der Waals surface area (Å²) in [6.07, 6.45) is 10.7. The third-order valence-electron chi connectivity index (χ3n) is 8.53. The molecular weight excluding hydrogens is 426 g/mol. The van der Waals surface area contributed by atoms with Crippen LogP contribution in [0, 0.1) is 0 Å². The number of rotatable bonds is 5. The number of fused-ring (bicyclic) bond motifs is 1. The smallest absolute Gasteiger partial charge is 0.320 e. The molecule has 6 heteroatoms. The summed E-state index contributed by atoms with van der Waals surface area (Å²) in [6.45, 7) is 9.64. The van der Waals surface area contributed by atoms with Crippen molar-refractivity contribution in [1.82, 2.24) is 14.7 Å². The molecule has 0 radical (unpaired) electrons. The number of piperidine rings is 1. The SMILES string of the molecule is CC[C@@H]1CN(C(=O)N2CCC(Oc3ccc4c(c3)CCN(C3CCC3)CC4)CC2)C[C@H](CC)O1. The summed E-state index contributed by atoms with van der Waals surface area (Å²) in [5.41, 5.74) is 2.96. The van der Waals surface area contributed by atoms with E-state index >= 15 is 0 Å². The summed E-state index contributed by atoms with van der Waals surface area (Å²) in [4.78, 5) is 19.9. The molecule has 4 aliphatic rings. The minimum absolute atomic E-state index is 0.164. The van der Waals surface area contributed by atoms with Gasteiger partial charge in [0.25, 0.3) is 0 Å². The van der Waals surface area contributed by atoms with Crippen LogP contribution < -0.4 is 4.74 Å². The number of likely N-dealkylation sites (tertiary alicyclic amines) is 1. The van der Waals surface area contributed by atoms with Crippen LogP contribution >= 0.6 is 0 Å². The Bertz CT molecular complexity index is 822. The fourth-order valence-corrected chi connectivity index (χ4v) is 6.00. The Morgan fingerprint density at radius 3 is 2.21 bits per heavy atom. The molecule has 5 rings (SSSR count). The maximum Gasteiger partial charge on any atom is 0.320 e. The molecule has 0 N–H and O–H groups in total. The molecule has 1 aliphatic carbocycles. The largest absolute Gasteiger partial charge is 0.490 e. The van der Waals surface area contributed by atoms with Crippen LogP contribution in [0.5, 0.6) is 5.75 Å². The van der Waals surface area contributed by atoms with Crippen LogP contribution in [0.4, 0.5) is 4.79 Å². The molecule has 1 saturated carbocycles. The van der Waals surface area contributed by atoms with E-state index < -0.39 is 0 Å². The summed E-state index contributed by atoms with van der Waals surface area (Å²) in [7, 11) is 0. The van der Waals surface area contributed by atoms with Crippen molar-refractivity contribution in [2.45, 2.75) is 96.0 Å². The minimum Gasteiger partial charge on any atom is -0.490 e. The standard InChI is InChI=1S/C28H43N3O3/c1-3-24-19-31(20-25(4-2)33-24)28(32)30-16-12-26(13-17-30)34-27-9-8-21-10-14-29(23-6-5-7-23)15-11-22(21)18-27/h8-9,18,23-26H,3-7,10-17,19-20H2,1-2H3/t24-,25+. The van der Waals surface area contributed by atoms with Crippen molar-refractivity contribution in [3.63, 3.8) is 0 Å². The van der Waals surface area contributed by atoms with Crippen LogP contribution in [-0.4, -0.2) is 84.4 Å². The number of urea groups is 1. The van der Waals surface area contributed by atoms with E-state index in [2.05, 4.69) is 36.9 Å². The van der Waals surface area contributed by atoms with E-state index in [1.54, 1.807) is 0 Å². The van der Waals surface area contributed by atoms with Gasteiger partial charge >= 0.3 is 6.03 Å². The zero-order chi connectivity index (χ0) is 23.5. The lowest BCUT2D eigenvalue weighted by Crippen LogP contribution is -2.55. The predicted octanol–water partition coefficient (Wildman–Crippen LogP) is 4.49. The van der Waals surface area contributed by atoms with E-state index in [1.165, 1.54) is 43.5 Å². The second kappa shape index (κ2) is 10.9. The van der Waals surface area contributed by atoms with Gasteiger partial charge in [-0.05, 0) is 61.8 Å². The van der Waals surface area contributed by atoms with Gasteiger partial charge in [-0.15, -0.1) is 0 Å². The van der Waals surface area contributed by atoms with Crippen LogP contribution in [0.25, 0.3) is 0 Å². The Morgan fingerprint density at radius 1 is 0.912 bits per heavy atom. The maximum absolute atomic E-state index is 13.2. The summed E-state index contributed by atoms with van der Waals surface area (Å²) in [5, 5.41) is 0. The van der Waals surface area contributed by atoms with Crippen LogP contribution in [-0.2, 0) is 17.6 Å². The highest BCUT2D eigenvalue weighted by molar-refractivity contribution is 5.74. The number of nitrogens with zero attached hydrogens (tertiary/aromatic N) is 3. The monoisotopic (exact) mass is 469 g/mol. The van der Waals surface area contributed by atoms with Gasteiger partial charge in [0.1, 0.15) is 11.9 Å². The summed E-state index contributed by atoms with van der Waals surface area (Å²) in [5.74, 6) is 1.00. The molecule has 2 atom stereocenters. The highest BCUT2D eigenvalue weighted by Gasteiger charge is 2.33. The Hall–Kier alpha value is -1.79. The van der Waals surface area contributed by atoms with Crippen molar-refractivity contribution in [1.29, 1.82) is 0 Å². The Kier molecular flexibility index (Phi) is 7.64. The Labute approximate surface area is 205 Å². The van der Waals surface area contributed by atoms with Gasteiger partial charge in [-0.1, -0.05) is 26.3 Å². The molecule has 1 aromatic rings. The number of ether oxygens (including phenoxy) is 2. The van der Waals surface area contributed by atoms with Crippen LogP contribution in [0.3, 0.4) is 0 Å². The second-order valence-electron chi connectivity index (χ2n) is 10.7. The zero-order valence-electron chi connectivity index (χ0n) is 21.2. The minimum atomic E-state index is 0.164. The normalized spacial score (nSPS) is 27.1. The number of carbonyl (C=O) groups excluding carboxylic acids is 1. The molecule has 3 aliphatic heterocycles. The van der Waals surface area contributed by atoms with Crippen LogP contribution in [0.2, 0.25) is 0 Å². The number of amides is 2. The third-order valence-corrected chi connectivity index (χ3v) is 8.53. The first kappa shape index (κ1) is 23.9. The van der Waals surface area contributed by atoms with E-state index in [1.807, 2.05) is 9.80 Å². The average molecular weight is 470 g/mol. The number of benzene rings is 1. The summed E-state index contributed by atoms with van der Waals surface area (Å²) < 4.78 is 12.5. The number of carbonyl (C=O) groups is 1.